The number of carbonyl (C=O) groups excluding carboxylic acids is 1. The zero-order valence-corrected chi connectivity index (χ0v) is 18.7. The molecule has 1 amide bonds. The highest BCUT2D eigenvalue weighted by atomic mass is 16.4. The number of nitrogens with zero attached hydrogens (tertiary/aromatic N) is 1. The number of aliphatic carboxylic acids is 1. The van der Waals surface area contributed by atoms with Crippen molar-refractivity contribution in [3.05, 3.63) is 65.7 Å². The Kier molecular flexibility index (Phi) is 6.95. The minimum atomic E-state index is -1.42. The van der Waals surface area contributed by atoms with E-state index in [2.05, 4.69) is 0 Å². The van der Waals surface area contributed by atoms with Gasteiger partial charge in [-0.15, -0.1) is 0 Å². The number of anilines is 1. The van der Waals surface area contributed by atoms with Crippen molar-refractivity contribution in [1.29, 1.82) is 0 Å². The van der Waals surface area contributed by atoms with Crippen molar-refractivity contribution in [3.8, 4) is 0 Å². The van der Waals surface area contributed by atoms with Gasteiger partial charge in [0.15, 0.2) is 0 Å². The third-order valence-electron chi connectivity index (χ3n) is 7.43. The second-order valence-electron chi connectivity index (χ2n) is 9.52. The van der Waals surface area contributed by atoms with Crippen molar-refractivity contribution in [3.63, 3.8) is 0 Å². The van der Waals surface area contributed by atoms with E-state index in [0.717, 1.165) is 36.1 Å². The smallest absolute Gasteiger partial charge is 0.308 e. The average molecular weight is 435 g/mol. The summed E-state index contributed by atoms with van der Waals surface area (Å²) in [6.45, 7) is 0.380. The lowest BCUT2D eigenvalue weighted by Gasteiger charge is -2.37. The van der Waals surface area contributed by atoms with Gasteiger partial charge in [0.1, 0.15) is 5.54 Å². The Balaban J connectivity index is 1.64. The molecular formula is C27H34N2O3. The van der Waals surface area contributed by atoms with Crippen molar-refractivity contribution in [2.45, 2.75) is 69.9 Å². The number of hydrogen-bond acceptors (Lipinski definition) is 3. The van der Waals surface area contributed by atoms with Gasteiger partial charge < -0.3 is 15.7 Å². The molecule has 1 aliphatic heterocycles. The largest absolute Gasteiger partial charge is 0.481 e. The number of para-hydroxylation sites is 1. The minimum absolute atomic E-state index is 0.276. The summed E-state index contributed by atoms with van der Waals surface area (Å²) in [5, 5.41) is 10.2. The Morgan fingerprint density at radius 2 is 1.75 bits per heavy atom. The van der Waals surface area contributed by atoms with Crippen LogP contribution in [0.4, 0.5) is 5.69 Å². The molecule has 3 N–H and O–H groups in total. The van der Waals surface area contributed by atoms with E-state index in [-0.39, 0.29) is 5.91 Å². The van der Waals surface area contributed by atoms with Crippen LogP contribution >= 0.6 is 0 Å². The van der Waals surface area contributed by atoms with E-state index < -0.39 is 17.4 Å². The van der Waals surface area contributed by atoms with Crippen LogP contribution in [0.5, 0.6) is 0 Å². The standard InChI is InChI=1S/C27H34N2O3/c28-27(23(25(30)31)16-15-20-9-3-1-4-10-20)18-17-22-13-7-8-14-24(22)29(26(27)32)19-21-11-5-2-6-12-21/h2,5-8,11-14,20,23H,1,3-4,9-10,15-19,28H2,(H,30,31)/t23-,27?/m1/s1. The fraction of sp³-hybridized carbons (Fsp3) is 0.481. The average Bonchev–Trinajstić information content (AvgIpc) is 2.91. The SMILES string of the molecule is NC1([C@H](CCC2CCCCC2)C(=O)O)CCc2ccccc2N(Cc2ccccc2)C1=O. The van der Waals surface area contributed by atoms with Gasteiger partial charge in [-0.2, -0.15) is 0 Å². The highest BCUT2D eigenvalue weighted by Crippen LogP contribution is 2.38. The van der Waals surface area contributed by atoms with E-state index in [1.165, 1.54) is 19.3 Å². The summed E-state index contributed by atoms with van der Waals surface area (Å²) in [5.74, 6) is -1.57. The summed E-state index contributed by atoms with van der Waals surface area (Å²) in [6.07, 6.45) is 8.24. The highest BCUT2D eigenvalue weighted by molar-refractivity contribution is 6.03. The molecule has 1 unspecified atom stereocenters. The first kappa shape index (κ1) is 22.5. The fourth-order valence-corrected chi connectivity index (χ4v) is 5.52. The Morgan fingerprint density at radius 1 is 1.06 bits per heavy atom. The van der Waals surface area contributed by atoms with Gasteiger partial charge in [0, 0.05) is 5.69 Å². The molecule has 5 heteroatoms. The Morgan fingerprint density at radius 3 is 2.47 bits per heavy atom. The molecule has 5 nitrogen and oxygen atoms in total. The van der Waals surface area contributed by atoms with Crippen LogP contribution in [0.25, 0.3) is 0 Å². The molecule has 0 spiro atoms. The molecule has 1 heterocycles. The summed E-state index contributed by atoms with van der Waals surface area (Å²) < 4.78 is 0. The van der Waals surface area contributed by atoms with Gasteiger partial charge in [-0.25, -0.2) is 0 Å². The van der Waals surface area contributed by atoms with Gasteiger partial charge >= 0.3 is 5.97 Å². The van der Waals surface area contributed by atoms with Crippen LogP contribution in [0, 0.1) is 11.8 Å². The molecule has 2 aliphatic rings. The first-order valence-electron chi connectivity index (χ1n) is 11.9. The van der Waals surface area contributed by atoms with Crippen LogP contribution in [0.2, 0.25) is 0 Å². The number of carboxylic acids is 1. The zero-order chi connectivity index (χ0) is 22.6. The molecule has 2 aromatic rings. The second-order valence-corrected chi connectivity index (χ2v) is 9.52. The van der Waals surface area contributed by atoms with Crippen molar-refractivity contribution >= 4 is 17.6 Å². The molecule has 2 atom stereocenters. The number of rotatable bonds is 7. The minimum Gasteiger partial charge on any atom is -0.481 e. The maximum atomic E-state index is 14.0. The molecule has 1 aliphatic carbocycles. The van der Waals surface area contributed by atoms with Gasteiger partial charge in [0.25, 0.3) is 0 Å². The topological polar surface area (TPSA) is 83.6 Å². The maximum Gasteiger partial charge on any atom is 0.308 e. The van der Waals surface area contributed by atoms with E-state index >= 15 is 0 Å². The molecule has 4 rings (SSSR count). The predicted molar refractivity (Wildman–Crippen MR) is 126 cm³/mol. The van der Waals surface area contributed by atoms with Gasteiger partial charge in [-0.1, -0.05) is 80.6 Å². The fourth-order valence-electron chi connectivity index (χ4n) is 5.52. The summed E-state index contributed by atoms with van der Waals surface area (Å²) in [5.41, 5.74) is 8.27. The highest BCUT2D eigenvalue weighted by Gasteiger charge is 2.49. The van der Waals surface area contributed by atoms with Crippen LogP contribution in [0.15, 0.2) is 54.6 Å². The molecule has 170 valence electrons. The summed E-state index contributed by atoms with van der Waals surface area (Å²) in [6, 6.07) is 17.7. The van der Waals surface area contributed by atoms with Crippen LogP contribution < -0.4 is 10.6 Å². The lowest BCUT2D eigenvalue weighted by molar-refractivity contribution is -0.148. The number of nitrogens with two attached hydrogens (primary N) is 1. The van der Waals surface area contributed by atoms with E-state index in [0.29, 0.717) is 31.7 Å². The van der Waals surface area contributed by atoms with Gasteiger partial charge in [-0.3, -0.25) is 9.59 Å². The van der Waals surface area contributed by atoms with Crippen molar-refractivity contribution in [1.82, 2.24) is 0 Å². The number of carboxylic acid groups (broad SMARTS) is 1. The lowest BCUT2D eigenvalue weighted by atomic mass is 9.75. The van der Waals surface area contributed by atoms with Gasteiger partial charge in [0.2, 0.25) is 5.91 Å². The van der Waals surface area contributed by atoms with Crippen LogP contribution in [0.3, 0.4) is 0 Å². The van der Waals surface area contributed by atoms with Crippen LogP contribution in [-0.4, -0.2) is 22.5 Å². The number of carbonyl (C=O) groups is 2. The monoisotopic (exact) mass is 434 g/mol. The lowest BCUT2D eigenvalue weighted by Crippen LogP contribution is -2.61. The van der Waals surface area contributed by atoms with Crippen molar-refractivity contribution < 1.29 is 14.7 Å². The van der Waals surface area contributed by atoms with Crippen LogP contribution in [-0.2, 0) is 22.6 Å². The number of hydrogen-bond donors (Lipinski definition) is 2. The van der Waals surface area contributed by atoms with Gasteiger partial charge in [-0.05, 0) is 48.8 Å². The number of benzene rings is 2. The quantitative estimate of drug-likeness (QED) is 0.647. The molecule has 0 bridgehead atoms. The molecular weight excluding hydrogens is 400 g/mol. The van der Waals surface area contributed by atoms with E-state index in [1.807, 2.05) is 54.6 Å². The first-order chi connectivity index (χ1) is 15.5. The second kappa shape index (κ2) is 9.86. The molecule has 32 heavy (non-hydrogen) atoms. The van der Waals surface area contributed by atoms with E-state index in [1.54, 1.807) is 4.90 Å². The molecule has 2 aromatic carbocycles. The predicted octanol–water partition coefficient (Wildman–Crippen LogP) is 4.92. The number of amides is 1. The van der Waals surface area contributed by atoms with Crippen molar-refractivity contribution in [2.75, 3.05) is 4.90 Å². The van der Waals surface area contributed by atoms with Crippen molar-refractivity contribution in [2.24, 2.45) is 17.6 Å². The Bertz CT molecular complexity index is 939. The van der Waals surface area contributed by atoms with Gasteiger partial charge in [0.05, 0.1) is 12.5 Å². The third-order valence-corrected chi connectivity index (χ3v) is 7.43. The Hall–Kier alpha value is -2.66. The van der Waals surface area contributed by atoms with E-state index in [9.17, 15) is 14.7 Å². The summed E-state index contributed by atoms with van der Waals surface area (Å²) in [7, 11) is 0. The summed E-state index contributed by atoms with van der Waals surface area (Å²) >= 11 is 0. The Labute approximate surface area is 190 Å². The van der Waals surface area contributed by atoms with Crippen LogP contribution in [0.1, 0.15) is 62.5 Å². The molecule has 0 saturated heterocycles. The number of fused-ring (bicyclic) bond motifs is 1. The third kappa shape index (κ3) is 4.73. The molecule has 0 radical (unpaired) electrons. The molecule has 1 fully saturated rings. The molecule has 1 saturated carbocycles. The normalized spacial score (nSPS) is 22.8. The molecule has 0 aromatic heterocycles. The number of aryl methyl sites for hydroxylation is 1. The summed E-state index contributed by atoms with van der Waals surface area (Å²) in [4.78, 5) is 28.1. The zero-order valence-electron chi connectivity index (χ0n) is 18.7. The van der Waals surface area contributed by atoms with E-state index in [4.69, 9.17) is 5.73 Å². The first-order valence-corrected chi connectivity index (χ1v) is 11.9. The maximum absolute atomic E-state index is 14.0.